The lowest BCUT2D eigenvalue weighted by Gasteiger charge is -2.20. The van der Waals surface area contributed by atoms with Crippen molar-refractivity contribution in [2.45, 2.75) is 18.6 Å². The van der Waals surface area contributed by atoms with Gasteiger partial charge >= 0.3 is 5.97 Å². The number of aliphatic carboxylic acids is 1. The van der Waals surface area contributed by atoms with E-state index in [0.717, 1.165) is 4.90 Å². The normalized spacial score (nSPS) is 23.7. The smallest absolute Gasteiger partial charge is 0.326 e. The Kier molecular flexibility index (Phi) is 3.08. The quantitative estimate of drug-likeness (QED) is 0.844. The number of amides is 1. The maximum atomic E-state index is 13.2. The van der Waals surface area contributed by atoms with Crippen molar-refractivity contribution in [1.82, 2.24) is 4.90 Å². The van der Waals surface area contributed by atoms with Gasteiger partial charge in [0.05, 0.1) is 6.54 Å². The van der Waals surface area contributed by atoms with Gasteiger partial charge in [-0.2, -0.15) is 0 Å². The highest BCUT2D eigenvalue weighted by molar-refractivity contribution is 5.97. The van der Waals surface area contributed by atoms with Gasteiger partial charge in [0.15, 0.2) is 0 Å². The van der Waals surface area contributed by atoms with Crippen LogP contribution in [0, 0.1) is 0 Å². The Balaban J connectivity index is 2.22. The van der Waals surface area contributed by atoms with E-state index >= 15 is 0 Å². The van der Waals surface area contributed by atoms with Crippen molar-refractivity contribution >= 4 is 11.9 Å². The third-order valence-electron chi connectivity index (χ3n) is 2.82. The standard InChI is InChI=1S/C12H12FNO3/c13-9-6-10(12(16)17)14(7-9)11(15)8-4-2-1-3-5-8/h1-5,9-10H,6-7H2,(H,16,17)/t9-,10-/m0/s1. The molecule has 0 radical (unpaired) electrons. The molecule has 1 aromatic rings. The summed E-state index contributed by atoms with van der Waals surface area (Å²) in [7, 11) is 0. The number of benzene rings is 1. The fourth-order valence-corrected chi connectivity index (χ4v) is 1.99. The van der Waals surface area contributed by atoms with Gasteiger partial charge in [0.2, 0.25) is 0 Å². The van der Waals surface area contributed by atoms with Gasteiger partial charge in [0.25, 0.3) is 5.91 Å². The third-order valence-corrected chi connectivity index (χ3v) is 2.82. The van der Waals surface area contributed by atoms with E-state index in [1.165, 1.54) is 0 Å². The Hall–Kier alpha value is -1.91. The molecule has 1 saturated heterocycles. The molecule has 0 aromatic heterocycles. The second-order valence-corrected chi connectivity index (χ2v) is 4.01. The number of hydrogen-bond acceptors (Lipinski definition) is 2. The Morgan fingerprint density at radius 3 is 2.53 bits per heavy atom. The van der Waals surface area contributed by atoms with Crippen molar-refractivity contribution in [3.8, 4) is 0 Å². The van der Waals surface area contributed by atoms with Crippen LogP contribution in [-0.4, -0.2) is 40.6 Å². The third kappa shape index (κ3) is 2.27. The number of alkyl halides is 1. The van der Waals surface area contributed by atoms with E-state index in [9.17, 15) is 14.0 Å². The Morgan fingerprint density at radius 1 is 1.29 bits per heavy atom. The number of carboxylic acids is 1. The van der Waals surface area contributed by atoms with Gasteiger partial charge in [-0.3, -0.25) is 4.79 Å². The molecular formula is C12H12FNO3. The Labute approximate surface area is 97.7 Å². The molecule has 0 aliphatic carbocycles. The molecule has 90 valence electrons. The Bertz CT molecular complexity index is 435. The molecule has 2 atom stereocenters. The van der Waals surface area contributed by atoms with Crippen molar-refractivity contribution < 1.29 is 19.1 Å². The molecular weight excluding hydrogens is 225 g/mol. The van der Waals surface area contributed by atoms with Gasteiger partial charge in [-0.1, -0.05) is 18.2 Å². The number of rotatable bonds is 2. The molecule has 0 unspecified atom stereocenters. The van der Waals surface area contributed by atoms with Gasteiger partial charge in [-0.05, 0) is 12.1 Å². The number of carbonyl (C=O) groups is 2. The van der Waals surface area contributed by atoms with Crippen LogP contribution in [0.1, 0.15) is 16.8 Å². The average Bonchev–Trinajstić information content (AvgIpc) is 2.72. The first-order valence-corrected chi connectivity index (χ1v) is 5.32. The molecule has 0 saturated carbocycles. The van der Waals surface area contributed by atoms with Gasteiger partial charge in [-0.25, -0.2) is 9.18 Å². The van der Waals surface area contributed by atoms with Gasteiger partial charge < -0.3 is 10.0 Å². The number of halogens is 1. The van der Waals surface area contributed by atoms with E-state index in [1.807, 2.05) is 0 Å². The zero-order chi connectivity index (χ0) is 12.4. The fraction of sp³-hybridized carbons (Fsp3) is 0.333. The van der Waals surface area contributed by atoms with E-state index < -0.39 is 24.1 Å². The molecule has 1 amide bonds. The minimum atomic E-state index is -1.26. The number of hydrogen-bond donors (Lipinski definition) is 1. The summed E-state index contributed by atoms with van der Waals surface area (Å²) >= 11 is 0. The molecule has 2 rings (SSSR count). The highest BCUT2D eigenvalue weighted by Crippen LogP contribution is 2.22. The number of nitrogens with zero attached hydrogens (tertiary/aromatic N) is 1. The van der Waals surface area contributed by atoms with Crippen molar-refractivity contribution in [1.29, 1.82) is 0 Å². The largest absolute Gasteiger partial charge is 0.480 e. The van der Waals surface area contributed by atoms with E-state index in [-0.39, 0.29) is 13.0 Å². The molecule has 1 aliphatic heterocycles. The SMILES string of the molecule is O=C(O)[C@@H]1C[C@H](F)CN1C(=O)c1ccccc1. The van der Waals surface area contributed by atoms with Crippen LogP contribution in [0.15, 0.2) is 30.3 Å². The zero-order valence-corrected chi connectivity index (χ0v) is 9.04. The van der Waals surface area contributed by atoms with E-state index in [4.69, 9.17) is 5.11 Å². The van der Waals surface area contributed by atoms with Crippen LogP contribution in [-0.2, 0) is 4.79 Å². The van der Waals surface area contributed by atoms with E-state index in [2.05, 4.69) is 0 Å². The fourth-order valence-electron chi connectivity index (χ4n) is 1.99. The monoisotopic (exact) mass is 237 g/mol. The van der Waals surface area contributed by atoms with Crippen LogP contribution in [0.2, 0.25) is 0 Å². The summed E-state index contributed by atoms with van der Waals surface area (Å²) in [6.45, 7) is -0.148. The summed E-state index contributed by atoms with van der Waals surface area (Å²) in [6, 6.07) is 7.25. The molecule has 4 nitrogen and oxygen atoms in total. The second kappa shape index (κ2) is 4.53. The van der Waals surface area contributed by atoms with Gasteiger partial charge in [0.1, 0.15) is 12.2 Å². The first kappa shape index (κ1) is 11.6. The van der Waals surface area contributed by atoms with Crippen molar-refractivity contribution in [3.05, 3.63) is 35.9 Å². The first-order valence-electron chi connectivity index (χ1n) is 5.32. The van der Waals surface area contributed by atoms with Crippen molar-refractivity contribution in [3.63, 3.8) is 0 Å². The van der Waals surface area contributed by atoms with Crippen molar-refractivity contribution in [2.24, 2.45) is 0 Å². The van der Waals surface area contributed by atoms with Gasteiger partial charge in [0, 0.05) is 12.0 Å². The maximum absolute atomic E-state index is 13.2. The average molecular weight is 237 g/mol. The van der Waals surface area contributed by atoms with Crippen LogP contribution in [0.3, 0.4) is 0 Å². The highest BCUT2D eigenvalue weighted by atomic mass is 19.1. The first-order chi connectivity index (χ1) is 8.09. The summed E-state index contributed by atoms with van der Waals surface area (Å²) in [5.74, 6) is -1.59. The number of carbonyl (C=O) groups excluding carboxylic acids is 1. The van der Waals surface area contributed by atoms with Crippen LogP contribution in [0.4, 0.5) is 4.39 Å². The highest BCUT2D eigenvalue weighted by Gasteiger charge is 2.39. The van der Waals surface area contributed by atoms with E-state index in [0.29, 0.717) is 5.56 Å². The molecule has 17 heavy (non-hydrogen) atoms. The van der Waals surface area contributed by atoms with Crippen LogP contribution >= 0.6 is 0 Å². The summed E-state index contributed by atoms with van der Waals surface area (Å²) in [4.78, 5) is 24.0. The molecule has 1 aliphatic rings. The van der Waals surface area contributed by atoms with Crippen molar-refractivity contribution in [2.75, 3.05) is 6.54 Å². The molecule has 1 N–H and O–H groups in total. The summed E-state index contributed by atoms with van der Waals surface area (Å²) in [5, 5.41) is 8.94. The molecule has 0 spiro atoms. The van der Waals surface area contributed by atoms with Crippen LogP contribution in [0.5, 0.6) is 0 Å². The minimum Gasteiger partial charge on any atom is -0.480 e. The minimum absolute atomic E-state index is 0.131. The van der Waals surface area contributed by atoms with Crippen LogP contribution < -0.4 is 0 Å². The predicted octanol–water partition coefficient (Wildman–Crippen LogP) is 1.32. The molecule has 5 heteroatoms. The summed E-state index contributed by atoms with van der Waals surface area (Å²) in [6.07, 6.45) is -1.39. The summed E-state index contributed by atoms with van der Waals surface area (Å²) < 4.78 is 13.2. The molecule has 0 bridgehead atoms. The zero-order valence-electron chi connectivity index (χ0n) is 9.04. The Morgan fingerprint density at radius 2 is 1.94 bits per heavy atom. The molecule has 1 fully saturated rings. The maximum Gasteiger partial charge on any atom is 0.326 e. The summed E-state index contributed by atoms with van der Waals surface area (Å²) in [5.41, 5.74) is 0.382. The topological polar surface area (TPSA) is 57.6 Å². The molecule has 1 aromatic carbocycles. The van der Waals surface area contributed by atoms with E-state index in [1.54, 1.807) is 30.3 Å². The second-order valence-electron chi connectivity index (χ2n) is 4.01. The lowest BCUT2D eigenvalue weighted by molar-refractivity contribution is -0.141. The van der Waals surface area contributed by atoms with Crippen LogP contribution in [0.25, 0.3) is 0 Å². The predicted molar refractivity (Wildman–Crippen MR) is 58.4 cm³/mol. The lowest BCUT2D eigenvalue weighted by Crippen LogP contribution is -2.40. The lowest BCUT2D eigenvalue weighted by atomic mass is 10.1. The van der Waals surface area contributed by atoms with Gasteiger partial charge in [-0.15, -0.1) is 0 Å². The number of carboxylic acid groups (broad SMARTS) is 1. The number of likely N-dealkylation sites (tertiary alicyclic amines) is 1. The molecule has 1 heterocycles.